The fourth-order valence-corrected chi connectivity index (χ4v) is 4.36. The summed E-state index contributed by atoms with van der Waals surface area (Å²) in [5.74, 6) is 0.0327. The molecule has 2 heterocycles. The van der Waals surface area contributed by atoms with Gasteiger partial charge in [-0.05, 0) is 32.3 Å². The molecule has 0 radical (unpaired) electrons. The van der Waals surface area contributed by atoms with Crippen molar-refractivity contribution in [2.24, 2.45) is 0 Å². The number of hydrogen-bond acceptors (Lipinski definition) is 4. The molecule has 1 aliphatic rings. The lowest BCUT2D eigenvalue weighted by Gasteiger charge is -2.20. The van der Waals surface area contributed by atoms with Crippen molar-refractivity contribution in [3.05, 3.63) is 57.5 Å². The predicted molar refractivity (Wildman–Crippen MR) is 109 cm³/mol. The Morgan fingerprint density at radius 2 is 1.85 bits per heavy atom. The van der Waals surface area contributed by atoms with Crippen LogP contribution in [-0.4, -0.2) is 33.9 Å². The van der Waals surface area contributed by atoms with E-state index in [4.69, 9.17) is 0 Å². The highest BCUT2D eigenvalue weighted by molar-refractivity contribution is 7.99. The van der Waals surface area contributed by atoms with Crippen molar-refractivity contribution in [3.63, 3.8) is 0 Å². The molecule has 5 nitrogen and oxygen atoms in total. The lowest BCUT2D eigenvalue weighted by Crippen LogP contribution is -2.35. The van der Waals surface area contributed by atoms with E-state index in [-0.39, 0.29) is 23.1 Å². The normalized spacial score (nSPS) is 16.0. The van der Waals surface area contributed by atoms with E-state index in [1.165, 1.54) is 30.2 Å². The van der Waals surface area contributed by atoms with Gasteiger partial charge in [0, 0.05) is 29.6 Å². The van der Waals surface area contributed by atoms with E-state index in [1.807, 2.05) is 30.0 Å². The third-order valence-corrected chi connectivity index (χ3v) is 6.09. The molecule has 27 heavy (non-hydrogen) atoms. The minimum absolute atomic E-state index is 0.0327. The van der Waals surface area contributed by atoms with Gasteiger partial charge in [0.1, 0.15) is 0 Å². The highest BCUT2D eigenvalue weighted by Gasteiger charge is 2.20. The molecule has 0 saturated carbocycles. The molecule has 144 valence electrons. The standard InChI is InChI=1S/C21H27N3O2S/c1-15-18(14-19(25)24-12-8-3-4-9-13-24)20(26)23-21(22-15)27-16(2)17-10-6-5-7-11-17/h5-7,10-11,16H,3-4,8-9,12-14H2,1-2H3,(H,22,23,26). The number of H-pyrrole nitrogens is 1. The first-order valence-corrected chi connectivity index (χ1v) is 10.5. The number of nitrogens with one attached hydrogen (secondary N) is 1. The number of thioether (sulfide) groups is 1. The van der Waals surface area contributed by atoms with Crippen molar-refractivity contribution in [1.82, 2.24) is 14.9 Å². The number of aromatic nitrogens is 2. The molecule has 1 unspecified atom stereocenters. The molecule has 1 aromatic carbocycles. The maximum atomic E-state index is 12.6. The Balaban J connectivity index is 1.71. The lowest BCUT2D eigenvalue weighted by atomic mass is 10.1. The molecule has 1 aromatic heterocycles. The van der Waals surface area contributed by atoms with Crippen molar-refractivity contribution in [2.75, 3.05) is 13.1 Å². The number of carbonyl (C=O) groups is 1. The average molecular weight is 386 g/mol. The van der Waals surface area contributed by atoms with Crippen LogP contribution in [-0.2, 0) is 11.2 Å². The summed E-state index contributed by atoms with van der Waals surface area (Å²) in [5.41, 5.74) is 2.11. The lowest BCUT2D eigenvalue weighted by molar-refractivity contribution is -0.130. The first-order chi connectivity index (χ1) is 13.0. The fraction of sp³-hybridized carbons (Fsp3) is 0.476. The third-order valence-electron chi connectivity index (χ3n) is 5.04. The largest absolute Gasteiger partial charge is 0.342 e. The van der Waals surface area contributed by atoms with Gasteiger partial charge in [-0.15, -0.1) is 0 Å². The van der Waals surface area contributed by atoms with Gasteiger partial charge in [0.25, 0.3) is 5.56 Å². The van der Waals surface area contributed by atoms with Gasteiger partial charge < -0.3 is 9.88 Å². The monoisotopic (exact) mass is 385 g/mol. The summed E-state index contributed by atoms with van der Waals surface area (Å²) in [6.45, 7) is 5.50. The van der Waals surface area contributed by atoms with Crippen molar-refractivity contribution >= 4 is 17.7 Å². The summed E-state index contributed by atoms with van der Waals surface area (Å²) in [7, 11) is 0. The molecule has 1 saturated heterocycles. The van der Waals surface area contributed by atoms with E-state index >= 15 is 0 Å². The van der Waals surface area contributed by atoms with Gasteiger partial charge in [-0.1, -0.05) is 54.9 Å². The Labute approximate surface area is 164 Å². The van der Waals surface area contributed by atoms with Crippen LogP contribution in [0.15, 0.2) is 40.3 Å². The SMILES string of the molecule is Cc1nc(SC(C)c2ccccc2)[nH]c(=O)c1CC(=O)N1CCCCCC1. The number of hydrogen-bond donors (Lipinski definition) is 1. The smallest absolute Gasteiger partial charge is 0.255 e. The molecule has 0 spiro atoms. The first-order valence-electron chi connectivity index (χ1n) is 9.64. The number of benzene rings is 1. The molecule has 1 N–H and O–H groups in total. The summed E-state index contributed by atoms with van der Waals surface area (Å²) in [5, 5.41) is 0.776. The minimum Gasteiger partial charge on any atom is -0.342 e. The number of carbonyl (C=O) groups excluding carboxylic acids is 1. The summed E-state index contributed by atoms with van der Waals surface area (Å²) in [6, 6.07) is 10.1. The molecule has 1 amide bonds. The van der Waals surface area contributed by atoms with Crippen molar-refractivity contribution in [3.8, 4) is 0 Å². The highest BCUT2D eigenvalue weighted by Crippen LogP contribution is 2.32. The fourth-order valence-electron chi connectivity index (χ4n) is 3.39. The number of amides is 1. The molecule has 1 aliphatic heterocycles. The van der Waals surface area contributed by atoms with Crippen LogP contribution in [0.4, 0.5) is 0 Å². The summed E-state index contributed by atoms with van der Waals surface area (Å²) in [6.07, 6.45) is 4.58. The molecule has 0 aliphatic carbocycles. The van der Waals surface area contributed by atoms with Crippen LogP contribution in [0.1, 0.15) is 54.7 Å². The van der Waals surface area contributed by atoms with Gasteiger partial charge in [0.2, 0.25) is 5.91 Å². The summed E-state index contributed by atoms with van der Waals surface area (Å²) >= 11 is 1.52. The zero-order chi connectivity index (χ0) is 19.2. The molecule has 3 rings (SSSR count). The van der Waals surface area contributed by atoms with Gasteiger partial charge in [0.05, 0.1) is 6.42 Å². The molecule has 6 heteroatoms. The zero-order valence-corrected chi connectivity index (χ0v) is 16.8. The van der Waals surface area contributed by atoms with Crippen molar-refractivity contribution < 1.29 is 4.79 Å². The summed E-state index contributed by atoms with van der Waals surface area (Å²) in [4.78, 5) is 34.5. The Kier molecular flexibility index (Phi) is 6.72. The van der Waals surface area contributed by atoms with Crippen LogP contribution >= 0.6 is 11.8 Å². The van der Waals surface area contributed by atoms with E-state index in [0.29, 0.717) is 16.4 Å². The molecule has 0 bridgehead atoms. The number of rotatable bonds is 5. The maximum absolute atomic E-state index is 12.6. The van der Waals surface area contributed by atoms with Gasteiger partial charge in [-0.2, -0.15) is 0 Å². The maximum Gasteiger partial charge on any atom is 0.255 e. The van der Waals surface area contributed by atoms with Gasteiger partial charge in [0.15, 0.2) is 5.16 Å². The van der Waals surface area contributed by atoms with E-state index in [1.54, 1.807) is 0 Å². The molecule has 1 fully saturated rings. The second-order valence-corrected chi connectivity index (χ2v) is 8.41. The van der Waals surface area contributed by atoms with Crippen molar-refractivity contribution in [2.45, 2.75) is 56.4 Å². The quantitative estimate of drug-likeness (QED) is 0.627. The van der Waals surface area contributed by atoms with Crippen molar-refractivity contribution in [1.29, 1.82) is 0 Å². The van der Waals surface area contributed by atoms with Crippen LogP contribution in [0.5, 0.6) is 0 Å². The number of nitrogens with zero attached hydrogens (tertiary/aromatic N) is 2. The first kappa shape index (κ1) is 19.7. The second-order valence-electron chi connectivity index (χ2n) is 7.08. The Hall–Kier alpha value is -2.08. The Morgan fingerprint density at radius 1 is 1.19 bits per heavy atom. The van der Waals surface area contributed by atoms with E-state index in [9.17, 15) is 9.59 Å². The van der Waals surface area contributed by atoms with Gasteiger partial charge in [-0.3, -0.25) is 9.59 Å². The third kappa shape index (κ3) is 5.22. The Morgan fingerprint density at radius 3 is 2.48 bits per heavy atom. The van der Waals surface area contributed by atoms with Crippen LogP contribution in [0.25, 0.3) is 0 Å². The predicted octanol–water partition coefficient (Wildman–Crippen LogP) is 3.88. The van der Waals surface area contributed by atoms with E-state index in [0.717, 1.165) is 25.9 Å². The molecular weight excluding hydrogens is 358 g/mol. The van der Waals surface area contributed by atoms with Gasteiger partial charge in [-0.25, -0.2) is 4.98 Å². The van der Waals surface area contributed by atoms with E-state index < -0.39 is 0 Å². The van der Waals surface area contributed by atoms with E-state index in [2.05, 4.69) is 29.0 Å². The van der Waals surface area contributed by atoms with Gasteiger partial charge >= 0.3 is 0 Å². The average Bonchev–Trinajstić information content (AvgIpc) is 2.95. The van der Waals surface area contributed by atoms with Crippen LogP contribution in [0, 0.1) is 6.92 Å². The number of aromatic amines is 1. The van der Waals surface area contributed by atoms with Crippen LogP contribution in [0.2, 0.25) is 0 Å². The topological polar surface area (TPSA) is 66.1 Å². The second kappa shape index (κ2) is 9.22. The molecular formula is C21H27N3O2S. The molecule has 2 aromatic rings. The summed E-state index contributed by atoms with van der Waals surface area (Å²) < 4.78 is 0. The zero-order valence-electron chi connectivity index (χ0n) is 16.0. The number of aryl methyl sites for hydroxylation is 1. The highest BCUT2D eigenvalue weighted by atomic mass is 32.2. The molecule has 1 atom stereocenters. The Bertz CT molecular complexity index is 827. The number of likely N-dealkylation sites (tertiary alicyclic amines) is 1. The van der Waals surface area contributed by atoms with Crippen LogP contribution < -0.4 is 5.56 Å². The minimum atomic E-state index is -0.201. The van der Waals surface area contributed by atoms with Crippen LogP contribution in [0.3, 0.4) is 0 Å².